The predicted molar refractivity (Wildman–Crippen MR) is 114 cm³/mol. The number of nitrogens with zero attached hydrogens (tertiary/aromatic N) is 4. The molecule has 7 nitrogen and oxygen atoms in total. The van der Waals surface area contributed by atoms with Crippen LogP contribution < -0.4 is 9.47 Å². The number of rotatable bonds is 5. The molecule has 0 amide bonds. The fourth-order valence-electron chi connectivity index (χ4n) is 3.79. The highest BCUT2D eigenvalue weighted by Crippen LogP contribution is 2.38. The summed E-state index contributed by atoms with van der Waals surface area (Å²) in [6.45, 7) is 1.30. The first kappa shape index (κ1) is 18.6. The molecular weight excluding hydrogens is 380 g/mol. The van der Waals surface area contributed by atoms with E-state index in [0.717, 1.165) is 39.8 Å². The van der Waals surface area contributed by atoms with Crippen molar-refractivity contribution in [2.45, 2.75) is 12.5 Å². The molecule has 0 aliphatic carbocycles. The molecule has 152 valence electrons. The van der Waals surface area contributed by atoms with Gasteiger partial charge in [0.15, 0.2) is 11.5 Å². The number of methoxy groups -OCH3 is 1. The lowest BCUT2D eigenvalue weighted by molar-refractivity contribution is 0.139. The van der Waals surface area contributed by atoms with E-state index in [0.29, 0.717) is 24.7 Å². The monoisotopic (exact) mass is 402 g/mol. The van der Waals surface area contributed by atoms with Gasteiger partial charge in [-0.25, -0.2) is 9.97 Å². The molecule has 1 fully saturated rings. The number of aromatic nitrogens is 4. The van der Waals surface area contributed by atoms with Gasteiger partial charge in [0, 0.05) is 42.2 Å². The number of aryl methyl sites for hydroxylation is 1. The summed E-state index contributed by atoms with van der Waals surface area (Å²) in [4.78, 5) is 9.08. The number of fused-ring (bicyclic) bond motifs is 1. The minimum atomic E-state index is 0.0164. The van der Waals surface area contributed by atoms with Crippen molar-refractivity contribution in [1.29, 1.82) is 0 Å². The van der Waals surface area contributed by atoms with Crippen LogP contribution in [0.1, 0.15) is 6.42 Å². The van der Waals surface area contributed by atoms with Gasteiger partial charge >= 0.3 is 0 Å². The van der Waals surface area contributed by atoms with Crippen LogP contribution >= 0.6 is 0 Å². The number of benzene rings is 2. The smallest absolute Gasteiger partial charge is 0.162 e. The van der Waals surface area contributed by atoms with Crippen LogP contribution in [-0.2, 0) is 11.8 Å². The van der Waals surface area contributed by atoms with Gasteiger partial charge in [0.1, 0.15) is 18.1 Å². The molecule has 1 saturated heterocycles. The highest BCUT2D eigenvalue weighted by atomic mass is 16.6. The van der Waals surface area contributed by atoms with E-state index in [1.54, 1.807) is 13.4 Å². The van der Waals surface area contributed by atoms with Crippen LogP contribution in [0.4, 0.5) is 0 Å². The third-order valence-corrected chi connectivity index (χ3v) is 5.23. The molecule has 5 rings (SSSR count). The molecular formula is C23H22N4O3. The van der Waals surface area contributed by atoms with Crippen molar-refractivity contribution in [2.24, 2.45) is 7.05 Å². The van der Waals surface area contributed by atoms with E-state index in [-0.39, 0.29) is 6.10 Å². The summed E-state index contributed by atoms with van der Waals surface area (Å²) < 4.78 is 19.0. The molecule has 1 atom stereocenters. The maximum Gasteiger partial charge on any atom is 0.162 e. The minimum absolute atomic E-state index is 0.0164. The number of hydrogen-bond acceptors (Lipinski definition) is 6. The van der Waals surface area contributed by atoms with E-state index >= 15 is 0 Å². The van der Waals surface area contributed by atoms with E-state index in [2.05, 4.69) is 15.1 Å². The molecule has 4 aromatic rings. The zero-order valence-electron chi connectivity index (χ0n) is 16.9. The van der Waals surface area contributed by atoms with Crippen LogP contribution in [-0.4, -0.2) is 46.2 Å². The van der Waals surface area contributed by atoms with Crippen molar-refractivity contribution < 1.29 is 14.2 Å². The third kappa shape index (κ3) is 3.37. The van der Waals surface area contributed by atoms with Crippen LogP contribution in [0.5, 0.6) is 11.5 Å². The highest BCUT2D eigenvalue weighted by Gasteiger charge is 2.22. The molecule has 2 aromatic carbocycles. The topological polar surface area (TPSA) is 71.3 Å². The third-order valence-electron chi connectivity index (χ3n) is 5.23. The summed E-state index contributed by atoms with van der Waals surface area (Å²) in [6.07, 6.45) is 4.44. The fourth-order valence-corrected chi connectivity index (χ4v) is 3.79. The SMILES string of the molecule is COc1cc2ncnc(-c3cn(C)nc3-c3ccccc3)c2cc1OC1CCOC1. The second kappa shape index (κ2) is 7.76. The Labute approximate surface area is 174 Å². The molecule has 1 aliphatic rings. The van der Waals surface area contributed by atoms with Crippen LogP contribution in [0.3, 0.4) is 0 Å². The first-order valence-corrected chi connectivity index (χ1v) is 9.89. The van der Waals surface area contributed by atoms with Crippen molar-refractivity contribution in [2.75, 3.05) is 20.3 Å². The summed E-state index contributed by atoms with van der Waals surface area (Å²) in [6, 6.07) is 14.0. The highest BCUT2D eigenvalue weighted by molar-refractivity contribution is 5.97. The molecule has 7 heteroatoms. The van der Waals surface area contributed by atoms with Crippen LogP contribution in [0.15, 0.2) is 55.0 Å². The largest absolute Gasteiger partial charge is 0.493 e. The average molecular weight is 402 g/mol. The Morgan fingerprint density at radius 1 is 1.07 bits per heavy atom. The Morgan fingerprint density at radius 2 is 1.93 bits per heavy atom. The maximum atomic E-state index is 6.19. The van der Waals surface area contributed by atoms with Crippen molar-refractivity contribution >= 4 is 10.9 Å². The van der Waals surface area contributed by atoms with Gasteiger partial charge < -0.3 is 14.2 Å². The first-order chi connectivity index (χ1) is 14.7. The molecule has 0 radical (unpaired) electrons. The Hall–Kier alpha value is -3.45. The Bertz CT molecular complexity index is 1180. The van der Waals surface area contributed by atoms with Gasteiger partial charge in [0.25, 0.3) is 0 Å². The van der Waals surface area contributed by atoms with Crippen molar-refractivity contribution in [3.63, 3.8) is 0 Å². The molecule has 1 aliphatic heterocycles. The van der Waals surface area contributed by atoms with Gasteiger partial charge in [-0.15, -0.1) is 0 Å². The lowest BCUT2D eigenvalue weighted by Gasteiger charge is -2.16. The molecule has 0 spiro atoms. The minimum Gasteiger partial charge on any atom is -0.493 e. The predicted octanol–water partition coefficient (Wildman–Crippen LogP) is 3.87. The molecule has 0 bridgehead atoms. The second-order valence-electron chi connectivity index (χ2n) is 7.28. The normalized spacial score (nSPS) is 16.1. The zero-order chi connectivity index (χ0) is 20.5. The Morgan fingerprint density at radius 3 is 2.70 bits per heavy atom. The van der Waals surface area contributed by atoms with Crippen LogP contribution in [0.25, 0.3) is 33.4 Å². The standard InChI is InChI=1S/C23H22N4O3/c1-27-12-18(22(26-27)15-6-4-3-5-7-15)23-17-10-21(30-16-8-9-29-13-16)20(28-2)11-19(17)24-14-25-23/h3-7,10-12,14,16H,8-9,13H2,1-2H3. The van der Waals surface area contributed by atoms with Crippen molar-refractivity contribution in [1.82, 2.24) is 19.7 Å². The van der Waals surface area contributed by atoms with Gasteiger partial charge in [-0.1, -0.05) is 30.3 Å². The molecule has 2 aromatic heterocycles. The lowest BCUT2D eigenvalue weighted by atomic mass is 10.0. The summed E-state index contributed by atoms with van der Waals surface area (Å²) in [5.41, 5.74) is 4.45. The molecule has 30 heavy (non-hydrogen) atoms. The Kier molecular flexibility index (Phi) is 4.80. The molecule has 0 N–H and O–H groups in total. The summed E-state index contributed by atoms with van der Waals surface area (Å²) in [5, 5.41) is 5.57. The average Bonchev–Trinajstić information content (AvgIpc) is 3.43. The van der Waals surface area contributed by atoms with Crippen LogP contribution in [0.2, 0.25) is 0 Å². The maximum absolute atomic E-state index is 6.19. The number of ether oxygens (including phenoxy) is 3. The summed E-state index contributed by atoms with van der Waals surface area (Å²) >= 11 is 0. The van der Waals surface area contributed by atoms with Crippen molar-refractivity contribution in [3.8, 4) is 34.0 Å². The quantitative estimate of drug-likeness (QED) is 0.505. The fraction of sp³-hybridized carbons (Fsp3) is 0.261. The summed E-state index contributed by atoms with van der Waals surface area (Å²) in [5.74, 6) is 1.32. The van der Waals surface area contributed by atoms with E-state index in [1.165, 1.54) is 0 Å². The van der Waals surface area contributed by atoms with Gasteiger partial charge in [-0.2, -0.15) is 5.10 Å². The van der Waals surface area contributed by atoms with E-state index < -0.39 is 0 Å². The first-order valence-electron chi connectivity index (χ1n) is 9.89. The zero-order valence-corrected chi connectivity index (χ0v) is 16.9. The van der Waals surface area contributed by atoms with E-state index in [4.69, 9.17) is 14.2 Å². The molecule has 1 unspecified atom stereocenters. The van der Waals surface area contributed by atoms with Gasteiger partial charge in [-0.3, -0.25) is 4.68 Å². The Balaban J connectivity index is 1.67. The number of hydrogen-bond donors (Lipinski definition) is 0. The lowest BCUT2D eigenvalue weighted by Crippen LogP contribution is -2.16. The summed E-state index contributed by atoms with van der Waals surface area (Å²) in [7, 11) is 3.55. The second-order valence-corrected chi connectivity index (χ2v) is 7.28. The molecule has 0 saturated carbocycles. The van der Waals surface area contributed by atoms with Crippen molar-refractivity contribution in [3.05, 3.63) is 55.0 Å². The van der Waals surface area contributed by atoms with E-state index in [9.17, 15) is 0 Å². The van der Waals surface area contributed by atoms with E-state index in [1.807, 2.05) is 60.4 Å². The molecule has 3 heterocycles. The van der Waals surface area contributed by atoms with Gasteiger partial charge in [0.05, 0.1) is 31.5 Å². The van der Waals surface area contributed by atoms with Gasteiger partial charge in [0.2, 0.25) is 0 Å². The van der Waals surface area contributed by atoms with Gasteiger partial charge in [-0.05, 0) is 6.07 Å². The van der Waals surface area contributed by atoms with Crippen LogP contribution in [0, 0.1) is 0 Å².